The first-order valence-corrected chi connectivity index (χ1v) is 11.9. The number of alkyl carbamates (subject to hydrolysis) is 1. The average molecular weight is 522 g/mol. The van der Waals surface area contributed by atoms with Crippen molar-refractivity contribution in [2.45, 2.75) is 50.6 Å². The Bertz CT molecular complexity index is 1180. The third-order valence-corrected chi connectivity index (χ3v) is 6.90. The first-order chi connectivity index (χ1) is 17.4. The normalized spacial score (nSPS) is 19.9. The van der Waals surface area contributed by atoms with Crippen LogP contribution >= 0.6 is 0 Å². The van der Waals surface area contributed by atoms with E-state index < -0.39 is 58.6 Å². The molecule has 3 amide bonds. The van der Waals surface area contributed by atoms with Crippen LogP contribution in [0.2, 0.25) is 0 Å². The molecule has 198 valence electrons. The quantitative estimate of drug-likeness (QED) is 0.570. The first-order valence-electron chi connectivity index (χ1n) is 11.9. The second-order valence-corrected chi connectivity index (χ2v) is 9.66. The number of halogens is 4. The van der Waals surface area contributed by atoms with Crippen LogP contribution in [0.1, 0.15) is 54.2 Å². The molecule has 0 aromatic heterocycles. The van der Waals surface area contributed by atoms with E-state index in [1.165, 1.54) is 4.90 Å². The molecule has 2 aliphatic heterocycles. The molecule has 2 fully saturated rings. The van der Waals surface area contributed by atoms with Gasteiger partial charge in [0.2, 0.25) is 5.91 Å². The second kappa shape index (κ2) is 10.0. The zero-order chi connectivity index (χ0) is 27.0. The van der Waals surface area contributed by atoms with Gasteiger partial charge in [-0.15, -0.1) is 0 Å². The number of alkyl halides is 3. The largest absolute Gasteiger partial charge is 0.440 e. The summed E-state index contributed by atoms with van der Waals surface area (Å²) in [6.07, 6.45) is -4.60. The molecule has 2 aromatic rings. The Morgan fingerprint density at radius 2 is 1.76 bits per heavy atom. The number of ether oxygens (including phenoxy) is 1. The van der Waals surface area contributed by atoms with Gasteiger partial charge in [0.25, 0.3) is 5.91 Å². The van der Waals surface area contributed by atoms with Gasteiger partial charge in [-0.05, 0) is 29.7 Å². The van der Waals surface area contributed by atoms with Crippen molar-refractivity contribution in [1.29, 1.82) is 0 Å². The number of nitrogens with zero attached hydrogens (tertiary/aromatic N) is 1. The molecule has 2 aromatic carbocycles. The number of carbonyl (C=O) groups excluding carboxylic acids is 3. The number of nitrogens with one attached hydrogen (secondary N) is 2. The topological polar surface area (TPSA) is 87.7 Å². The molecule has 0 bridgehead atoms. The highest BCUT2D eigenvalue weighted by Gasteiger charge is 2.52. The number of hydrogen-bond acceptors (Lipinski definition) is 4. The third kappa shape index (κ3) is 5.40. The predicted molar refractivity (Wildman–Crippen MR) is 125 cm³/mol. The fourth-order valence-corrected chi connectivity index (χ4v) is 4.86. The fourth-order valence-electron chi connectivity index (χ4n) is 4.86. The molecule has 2 aliphatic rings. The van der Waals surface area contributed by atoms with Crippen molar-refractivity contribution in [3.8, 4) is 0 Å². The van der Waals surface area contributed by atoms with Gasteiger partial charge in [-0.1, -0.05) is 44.2 Å². The first kappa shape index (κ1) is 26.4. The van der Waals surface area contributed by atoms with Gasteiger partial charge in [0.1, 0.15) is 17.5 Å². The number of carbonyl (C=O) groups is 3. The summed E-state index contributed by atoms with van der Waals surface area (Å²) >= 11 is 0. The number of benzene rings is 2. The molecule has 37 heavy (non-hydrogen) atoms. The van der Waals surface area contributed by atoms with Crippen LogP contribution in [0.15, 0.2) is 48.5 Å². The minimum absolute atomic E-state index is 0.230. The summed E-state index contributed by atoms with van der Waals surface area (Å²) in [5.41, 5.74) is -1.92. The lowest BCUT2D eigenvalue weighted by Gasteiger charge is -2.41. The fraction of sp³-hybridized carbons (Fsp3) is 0.423. The standard InChI is InChI=1S/C26H27F4N3O4/c1-15(2)20(31-22(34)18-14-17(26(28,29)30)8-9-19(18)27)23(35)33-12-10-25(11-13-33)21(32-24(36)37-25)16-6-4-3-5-7-16/h3-9,14-15,20-21H,10-13H2,1-2H3,(H,31,34)(H,32,36)/t20-,21?/m1/s1. The van der Waals surface area contributed by atoms with Gasteiger partial charge in [0.15, 0.2) is 0 Å². The number of piperidine rings is 1. The van der Waals surface area contributed by atoms with Crippen LogP contribution in [-0.2, 0) is 15.7 Å². The lowest BCUT2D eigenvalue weighted by atomic mass is 9.81. The summed E-state index contributed by atoms with van der Waals surface area (Å²) in [7, 11) is 0. The lowest BCUT2D eigenvalue weighted by molar-refractivity contribution is -0.139. The van der Waals surface area contributed by atoms with Crippen LogP contribution in [0.4, 0.5) is 22.4 Å². The van der Waals surface area contributed by atoms with Crippen molar-refractivity contribution in [2.75, 3.05) is 13.1 Å². The predicted octanol–water partition coefficient (Wildman–Crippen LogP) is 4.44. The molecule has 0 saturated carbocycles. The molecule has 2 N–H and O–H groups in total. The lowest BCUT2D eigenvalue weighted by Crippen LogP contribution is -2.56. The van der Waals surface area contributed by atoms with Crippen molar-refractivity contribution in [1.82, 2.24) is 15.5 Å². The minimum Gasteiger partial charge on any atom is -0.440 e. The van der Waals surface area contributed by atoms with Crippen LogP contribution < -0.4 is 10.6 Å². The van der Waals surface area contributed by atoms with Gasteiger partial charge in [0, 0.05) is 25.9 Å². The molecule has 7 nitrogen and oxygen atoms in total. The molecular formula is C26H27F4N3O4. The Morgan fingerprint density at radius 1 is 1.11 bits per heavy atom. The maximum atomic E-state index is 14.2. The summed E-state index contributed by atoms with van der Waals surface area (Å²) in [6.45, 7) is 3.80. The van der Waals surface area contributed by atoms with Crippen molar-refractivity contribution >= 4 is 17.9 Å². The van der Waals surface area contributed by atoms with E-state index in [9.17, 15) is 31.9 Å². The average Bonchev–Trinajstić information content (AvgIpc) is 3.17. The van der Waals surface area contributed by atoms with E-state index in [0.29, 0.717) is 31.0 Å². The Hall–Kier alpha value is -3.63. The third-order valence-electron chi connectivity index (χ3n) is 6.90. The summed E-state index contributed by atoms with van der Waals surface area (Å²) in [5, 5.41) is 5.26. The van der Waals surface area contributed by atoms with E-state index in [4.69, 9.17) is 4.74 Å². The maximum Gasteiger partial charge on any atom is 0.416 e. The molecule has 1 unspecified atom stereocenters. The SMILES string of the molecule is CC(C)[C@@H](NC(=O)c1cc(C(F)(F)F)ccc1F)C(=O)N1CCC2(CC1)OC(=O)NC2c1ccccc1. The number of amides is 3. The van der Waals surface area contributed by atoms with Gasteiger partial charge in [-0.3, -0.25) is 9.59 Å². The van der Waals surface area contributed by atoms with Crippen molar-refractivity contribution in [3.05, 3.63) is 71.0 Å². The van der Waals surface area contributed by atoms with Crippen LogP contribution in [0, 0.1) is 11.7 Å². The van der Waals surface area contributed by atoms with Gasteiger partial charge in [0.05, 0.1) is 17.2 Å². The molecule has 0 radical (unpaired) electrons. The van der Waals surface area contributed by atoms with Gasteiger partial charge in [-0.25, -0.2) is 9.18 Å². The van der Waals surface area contributed by atoms with E-state index >= 15 is 0 Å². The Balaban J connectivity index is 1.47. The van der Waals surface area contributed by atoms with E-state index in [1.807, 2.05) is 30.3 Å². The highest BCUT2D eigenvalue weighted by molar-refractivity contribution is 5.98. The zero-order valence-corrected chi connectivity index (χ0v) is 20.3. The second-order valence-electron chi connectivity index (χ2n) is 9.66. The zero-order valence-electron chi connectivity index (χ0n) is 20.3. The van der Waals surface area contributed by atoms with Gasteiger partial charge in [-0.2, -0.15) is 13.2 Å². The minimum atomic E-state index is -4.75. The molecule has 2 atom stereocenters. The van der Waals surface area contributed by atoms with Crippen LogP contribution in [-0.4, -0.2) is 47.5 Å². The Kier molecular flexibility index (Phi) is 7.16. The number of likely N-dealkylation sites (tertiary alicyclic amines) is 1. The molecule has 2 heterocycles. The molecule has 11 heteroatoms. The van der Waals surface area contributed by atoms with Crippen LogP contribution in [0.5, 0.6) is 0 Å². The van der Waals surface area contributed by atoms with Gasteiger partial charge < -0.3 is 20.3 Å². The van der Waals surface area contributed by atoms with Crippen molar-refractivity contribution in [2.24, 2.45) is 5.92 Å². The van der Waals surface area contributed by atoms with Gasteiger partial charge >= 0.3 is 12.3 Å². The number of rotatable bonds is 5. The Morgan fingerprint density at radius 3 is 2.35 bits per heavy atom. The summed E-state index contributed by atoms with van der Waals surface area (Å²) in [6, 6.07) is 9.43. The summed E-state index contributed by atoms with van der Waals surface area (Å²) in [5.74, 6) is -3.10. The van der Waals surface area contributed by atoms with E-state index in [1.54, 1.807) is 13.8 Å². The molecule has 1 spiro atoms. The molecule has 0 aliphatic carbocycles. The van der Waals surface area contributed by atoms with E-state index in [2.05, 4.69) is 10.6 Å². The number of hydrogen-bond donors (Lipinski definition) is 2. The molecular weight excluding hydrogens is 494 g/mol. The van der Waals surface area contributed by atoms with Crippen molar-refractivity contribution < 1.29 is 36.7 Å². The summed E-state index contributed by atoms with van der Waals surface area (Å²) in [4.78, 5) is 39.7. The maximum absolute atomic E-state index is 14.2. The Labute approximate surface area is 211 Å². The smallest absolute Gasteiger partial charge is 0.416 e. The monoisotopic (exact) mass is 521 g/mol. The van der Waals surface area contributed by atoms with E-state index in [0.717, 1.165) is 5.56 Å². The summed E-state index contributed by atoms with van der Waals surface area (Å²) < 4.78 is 59.1. The van der Waals surface area contributed by atoms with Crippen LogP contribution in [0.3, 0.4) is 0 Å². The highest BCUT2D eigenvalue weighted by Crippen LogP contribution is 2.42. The molecule has 2 saturated heterocycles. The van der Waals surface area contributed by atoms with E-state index in [-0.39, 0.29) is 19.1 Å². The highest BCUT2D eigenvalue weighted by atomic mass is 19.4. The van der Waals surface area contributed by atoms with Crippen molar-refractivity contribution in [3.63, 3.8) is 0 Å². The molecule has 4 rings (SSSR count). The van der Waals surface area contributed by atoms with Crippen LogP contribution in [0.25, 0.3) is 0 Å².